The number of rotatable bonds is 5. The highest BCUT2D eigenvalue weighted by Gasteiger charge is 2.07. The minimum Gasteiger partial charge on any atom is -0.490 e. The van der Waals surface area contributed by atoms with Gasteiger partial charge in [-0.2, -0.15) is 5.26 Å². The Bertz CT molecular complexity index is 865. The van der Waals surface area contributed by atoms with E-state index in [1.54, 1.807) is 12.2 Å². The molecule has 1 aromatic heterocycles. The number of hydrogen-bond acceptors (Lipinski definition) is 3. The highest BCUT2D eigenvalue weighted by Crippen LogP contribution is 2.20. The first kappa shape index (κ1) is 14.6. The van der Waals surface area contributed by atoms with Gasteiger partial charge >= 0.3 is 0 Å². The van der Waals surface area contributed by atoms with Gasteiger partial charge in [0.1, 0.15) is 24.3 Å². The maximum absolute atomic E-state index is 9.42. The normalized spacial score (nSPS) is 11.2. The van der Waals surface area contributed by atoms with Crippen LogP contribution in [-0.2, 0) is 0 Å². The first-order valence-corrected chi connectivity index (χ1v) is 7.21. The average Bonchev–Trinajstić information content (AvgIpc) is 3.02. The lowest BCUT2D eigenvalue weighted by Crippen LogP contribution is -1.92. The van der Waals surface area contributed by atoms with Crippen LogP contribution in [-0.4, -0.2) is 16.6 Å². The lowest BCUT2D eigenvalue weighted by molar-refractivity contribution is 0.363. The van der Waals surface area contributed by atoms with Gasteiger partial charge in [-0.3, -0.25) is 0 Å². The monoisotopic (exact) mass is 301 g/mol. The Hall–Kier alpha value is -3.32. The lowest BCUT2D eigenvalue weighted by atomic mass is 10.1. The van der Waals surface area contributed by atoms with Gasteiger partial charge in [-0.15, -0.1) is 0 Å². The maximum atomic E-state index is 9.42. The number of nitrogens with one attached hydrogen (secondary N) is 1. The second-order valence-electron chi connectivity index (χ2n) is 4.94. The Morgan fingerprint density at radius 2 is 2.00 bits per heavy atom. The molecule has 0 aliphatic rings. The summed E-state index contributed by atoms with van der Waals surface area (Å²) in [5.74, 6) is 1.34. The molecule has 4 heteroatoms. The van der Waals surface area contributed by atoms with Crippen molar-refractivity contribution in [2.45, 2.75) is 0 Å². The van der Waals surface area contributed by atoms with Crippen LogP contribution >= 0.6 is 0 Å². The summed E-state index contributed by atoms with van der Waals surface area (Å²) >= 11 is 0. The number of ether oxygens (including phenoxy) is 1. The zero-order valence-electron chi connectivity index (χ0n) is 12.5. The van der Waals surface area contributed by atoms with Crippen LogP contribution in [0.3, 0.4) is 0 Å². The molecule has 0 fully saturated rings. The van der Waals surface area contributed by atoms with Crippen LogP contribution in [0.5, 0.6) is 5.75 Å². The first-order chi connectivity index (χ1) is 11.3. The second kappa shape index (κ2) is 6.63. The lowest BCUT2D eigenvalue weighted by Gasteiger charge is -2.03. The predicted molar refractivity (Wildman–Crippen MR) is 91.7 cm³/mol. The quantitative estimate of drug-likeness (QED) is 0.567. The van der Waals surface area contributed by atoms with Crippen molar-refractivity contribution in [1.29, 1.82) is 5.26 Å². The number of para-hydroxylation sites is 2. The fourth-order valence-electron chi connectivity index (χ4n) is 2.22. The van der Waals surface area contributed by atoms with Crippen molar-refractivity contribution in [3.05, 3.63) is 72.6 Å². The molecule has 0 aliphatic carbocycles. The molecule has 0 amide bonds. The molecule has 3 aromatic rings. The van der Waals surface area contributed by atoms with Crippen molar-refractivity contribution in [2.24, 2.45) is 0 Å². The van der Waals surface area contributed by atoms with Crippen LogP contribution < -0.4 is 4.74 Å². The van der Waals surface area contributed by atoms with Gasteiger partial charge in [-0.1, -0.05) is 36.9 Å². The van der Waals surface area contributed by atoms with Crippen molar-refractivity contribution >= 4 is 22.7 Å². The molecule has 0 saturated carbocycles. The number of imidazole rings is 1. The van der Waals surface area contributed by atoms with Crippen LogP contribution in [0, 0.1) is 11.3 Å². The Labute approximate surface area is 134 Å². The van der Waals surface area contributed by atoms with Crippen LogP contribution in [0.25, 0.3) is 22.7 Å². The topological polar surface area (TPSA) is 61.7 Å². The summed E-state index contributed by atoms with van der Waals surface area (Å²) in [5.41, 5.74) is 3.16. The Kier molecular flexibility index (Phi) is 4.21. The molecule has 0 aliphatic heterocycles. The summed E-state index contributed by atoms with van der Waals surface area (Å²) in [4.78, 5) is 7.62. The first-order valence-electron chi connectivity index (χ1n) is 7.21. The molecule has 23 heavy (non-hydrogen) atoms. The van der Waals surface area contributed by atoms with Gasteiger partial charge in [0.25, 0.3) is 0 Å². The molecule has 0 spiro atoms. The number of aromatic amines is 1. The van der Waals surface area contributed by atoms with Crippen molar-refractivity contribution < 1.29 is 4.74 Å². The zero-order chi connectivity index (χ0) is 16.1. The van der Waals surface area contributed by atoms with Gasteiger partial charge in [0.05, 0.1) is 16.6 Å². The largest absolute Gasteiger partial charge is 0.490 e. The predicted octanol–water partition coefficient (Wildman–Crippen LogP) is 4.19. The van der Waals surface area contributed by atoms with E-state index in [1.807, 2.05) is 48.5 Å². The number of H-pyrrole nitrogens is 1. The number of allylic oxidation sites excluding steroid dienone is 1. The molecule has 0 saturated heterocycles. The Morgan fingerprint density at radius 3 is 2.70 bits per heavy atom. The smallest absolute Gasteiger partial charge is 0.149 e. The fourth-order valence-corrected chi connectivity index (χ4v) is 2.22. The van der Waals surface area contributed by atoms with Crippen LogP contribution in [0.15, 0.2) is 61.2 Å². The summed E-state index contributed by atoms with van der Waals surface area (Å²) in [5, 5.41) is 9.42. The van der Waals surface area contributed by atoms with Crippen molar-refractivity contribution in [1.82, 2.24) is 9.97 Å². The summed E-state index contributed by atoms with van der Waals surface area (Å²) < 4.78 is 5.44. The van der Waals surface area contributed by atoms with E-state index in [2.05, 4.69) is 22.6 Å². The molecular weight excluding hydrogens is 286 g/mol. The van der Waals surface area contributed by atoms with E-state index >= 15 is 0 Å². The molecule has 0 atom stereocenters. The van der Waals surface area contributed by atoms with Crippen LogP contribution in [0.4, 0.5) is 0 Å². The Balaban J connectivity index is 1.89. The molecule has 1 N–H and O–H groups in total. The molecule has 4 nitrogen and oxygen atoms in total. The third-order valence-electron chi connectivity index (χ3n) is 3.32. The number of fused-ring (bicyclic) bond motifs is 1. The van der Waals surface area contributed by atoms with Crippen molar-refractivity contribution in [3.63, 3.8) is 0 Å². The van der Waals surface area contributed by atoms with Gasteiger partial charge in [0.2, 0.25) is 0 Å². The molecule has 0 unspecified atom stereocenters. The van der Waals surface area contributed by atoms with Gasteiger partial charge < -0.3 is 9.72 Å². The van der Waals surface area contributed by atoms with E-state index in [1.165, 1.54) is 0 Å². The molecule has 2 aromatic carbocycles. The van der Waals surface area contributed by atoms with Crippen molar-refractivity contribution in [3.8, 4) is 11.8 Å². The summed E-state index contributed by atoms with van der Waals surface area (Å²) in [6, 6.07) is 17.4. The van der Waals surface area contributed by atoms with Crippen molar-refractivity contribution in [2.75, 3.05) is 6.61 Å². The maximum Gasteiger partial charge on any atom is 0.149 e. The second-order valence-corrected chi connectivity index (χ2v) is 4.94. The highest BCUT2D eigenvalue weighted by molar-refractivity contribution is 5.90. The molecular formula is C19H15N3O. The molecule has 1 heterocycles. The third kappa shape index (κ3) is 3.30. The number of nitriles is 1. The number of hydrogen-bond donors (Lipinski definition) is 1. The van der Waals surface area contributed by atoms with E-state index in [4.69, 9.17) is 4.74 Å². The summed E-state index contributed by atoms with van der Waals surface area (Å²) in [6.45, 7) is 4.08. The molecule has 0 radical (unpaired) electrons. The molecule has 3 rings (SSSR count). The van der Waals surface area contributed by atoms with Gasteiger partial charge in [0, 0.05) is 0 Å². The highest BCUT2D eigenvalue weighted by atomic mass is 16.5. The van der Waals surface area contributed by atoms with E-state index in [0.29, 0.717) is 18.0 Å². The minimum atomic E-state index is 0.470. The van der Waals surface area contributed by atoms with Gasteiger partial charge in [0.15, 0.2) is 0 Å². The number of nitrogens with zero attached hydrogens (tertiary/aromatic N) is 2. The van der Waals surface area contributed by atoms with Gasteiger partial charge in [-0.25, -0.2) is 4.98 Å². The third-order valence-corrected chi connectivity index (χ3v) is 3.32. The fraction of sp³-hybridized carbons (Fsp3) is 0.0526. The summed E-state index contributed by atoms with van der Waals surface area (Å²) in [6.07, 6.45) is 3.50. The summed E-state index contributed by atoms with van der Waals surface area (Å²) in [7, 11) is 0. The van der Waals surface area contributed by atoms with Crippen LogP contribution in [0.2, 0.25) is 0 Å². The number of aromatic nitrogens is 2. The Morgan fingerprint density at radius 1 is 1.22 bits per heavy atom. The van der Waals surface area contributed by atoms with Crippen LogP contribution in [0.1, 0.15) is 11.4 Å². The minimum absolute atomic E-state index is 0.470. The SMILES string of the molecule is C=CCOc1ccc(C=C(C#N)c2nc3ccccc3[nH]2)cc1. The number of benzene rings is 2. The van der Waals surface area contributed by atoms with Gasteiger partial charge in [-0.05, 0) is 35.9 Å². The van der Waals surface area contributed by atoms with E-state index in [-0.39, 0.29) is 0 Å². The average molecular weight is 301 g/mol. The van der Waals surface area contributed by atoms with E-state index in [0.717, 1.165) is 22.3 Å². The molecule has 0 bridgehead atoms. The van der Waals surface area contributed by atoms with E-state index < -0.39 is 0 Å². The standard InChI is InChI=1S/C19H15N3O/c1-2-11-23-16-9-7-14(8-10-16)12-15(13-20)19-21-17-5-3-4-6-18(17)22-19/h2-10,12H,1,11H2,(H,21,22). The zero-order valence-corrected chi connectivity index (χ0v) is 12.5. The molecule has 112 valence electrons. The van der Waals surface area contributed by atoms with E-state index in [9.17, 15) is 5.26 Å².